The Morgan fingerprint density at radius 2 is 1.67 bits per heavy atom. The van der Waals surface area contributed by atoms with Gasteiger partial charge < -0.3 is 15.4 Å². The van der Waals surface area contributed by atoms with Crippen molar-refractivity contribution in [3.63, 3.8) is 0 Å². The maximum atomic E-state index is 12.1. The molecule has 0 unspecified atom stereocenters. The number of para-hydroxylation sites is 2. The molecule has 0 aromatic heterocycles. The Bertz CT molecular complexity index is 623. The quantitative estimate of drug-likeness (QED) is 0.805. The van der Waals surface area contributed by atoms with Gasteiger partial charge in [-0.2, -0.15) is 0 Å². The van der Waals surface area contributed by atoms with Gasteiger partial charge in [-0.05, 0) is 24.3 Å². The van der Waals surface area contributed by atoms with Crippen LogP contribution in [-0.4, -0.2) is 13.0 Å². The van der Waals surface area contributed by atoms with Crippen molar-refractivity contribution in [1.29, 1.82) is 0 Å². The fraction of sp³-hybridized carbons (Fsp3) is 0.0714. The molecule has 2 N–H and O–H groups in total. The predicted molar refractivity (Wildman–Crippen MR) is 70.7 cm³/mol. The summed E-state index contributed by atoms with van der Waals surface area (Å²) in [6, 6.07) is 12.9. The smallest absolute Gasteiger partial charge is 0.257 e. The number of amides is 1. The van der Waals surface area contributed by atoms with Gasteiger partial charge in [0.15, 0.2) is 0 Å². The summed E-state index contributed by atoms with van der Waals surface area (Å²) in [5, 5.41) is 6.12. The van der Waals surface area contributed by atoms with Gasteiger partial charge in [0.25, 0.3) is 5.91 Å². The van der Waals surface area contributed by atoms with E-state index in [1.165, 1.54) is 0 Å². The van der Waals surface area contributed by atoms with E-state index in [1.54, 1.807) is 19.2 Å². The minimum absolute atomic E-state index is 0.120. The number of methoxy groups -OCH3 is 1. The molecule has 0 bridgehead atoms. The monoisotopic (exact) mass is 240 g/mol. The molecule has 2 aromatic carbocycles. The molecule has 1 heterocycles. The van der Waals surface area contributed by atoms with Gasteiger partial charge in [0, 0.05) is 6.07 Å². The number of nitrogens with one attached hydrogen (secondary N) is 2. The van der Waals surface area contributed by atoms with Crippen LogP contribution in [-0.2, 0) is 0 Å². The molecular weight excluding hydrogens is 228 g/mol. The zero-order chi connectivity index (χ0) is 12.5. The van der Waals surface area contributed by atoms with Crippen LogP contribution in [0, 0.1) is 0 Å². The summed E-state index contributed by atoms with van der Waals surface area (Å²) in [5.41, 5.74) is 3.00. The molecule has 0 radical (unpaired) electrons. The van der Waals surface area contributed by atoms with Crippen molar-refractivity contribution in [3.8, 4) is 5.75 Å². The van der Waals surface area contributed by atoms with E-state index in [9.17, 15) is 4.79 Å². The van der Waals surface area contributed by atoms with E-state index >= 15 is 0 Å². The summed E-state index contributed by atoms with van der Waals surface area (Å²) in [5.74, 6) is 0.596. The highest BCUT2D eigenvalue weighted by Crippen LogP contribution is 2.33. The molecule has 2 aromatic rings. The predicted octanol–water partition coefficient (Wildman–Crippen LogP) is 3.00. The Morgan fingerprint density at radius 1 is 0.944 bits per heavy atom. The van der Waals surface area contributed by atoms with Crippen molar-refractivity contribution < 1.29 is 9.53 Å². The lowest BCUT2D eigenvalue weighted by Gasteiger charge is -2.09. The summed E-state index contributed by atoms with van der Waals surface area (Å²) in [6.45, 7) is 0. The molecule has 3 rings (SSSR count). The zero-order valence-electron chi connectivity index (χ0n) is 9.86. The largest absolute Gasteiger partial charge is 0.497 e. The zero-order valence-corrected chi connectivity index (χ0v) is 9.86. The average Bonchev–Trinajstić information content (AvgIpc) is 2.54. The number of hydrogen-bond donors (Lipinski definition) is 2. The first-order chi connectivity index (χ1) is 8.78. The topological polar surface area (TPSA) is 50.4 Å². The maximum absolute atomic E-state index is 12.1. The van der Waals surface area contributed by atoms with Crippen molar-refractivity contribution in [3.05, 3.63) is 48.0 Å². The minimum Gasteiger partial charge on any atom is -0.497 e. The Hall–Kier alpha value is -2.49. The lowest BCUT2D eigenvalue weighted by Crippen LogP contribution is -2.10. The highest BCUT2D eigenvalue weighted by atomic mass is 16.5. The highest BCUT2D eigenvalue weighted by molar-refractivity contribution is 6.12. The number of ether oxygens (including phenoxy) is 1. The van der Waals surface area contributed by atoms with E-state index in [0.29, 0.717) is 11.3 Å². The first-order valence-electron chi connectivity index (χ1n) is 5.63. The van der Waals surface area contributed by atoms with E-state index in [-0.39, 0.29) is 5.91 Å². The SMILES string of the molecule is COc1ccc2c(c1)Nc1ccccc1NC2=O. The van der Waals surface area contributed by atoms with Gasteiger partial charge in [-0.1, -0.05) is 12.1 Å². The second kappa shape index (κ2) is 4.07. The second-order valence-electron chi connectivity index (χ2n) is 4.04. The summed E-state index contributed by atoms with van der Waals surface area (Å²) in [6.07, 6.45) is 0. The van der Waals surface area contributed by atoms with Crippen molar-refractivity contribution in [1.82, 2.24) is 0 Å². The molecular formula is C14H12N2O2. The van der Waals surface area contributed by atoms with Crippen molar-refractivity contribution >= 4 is 23.0 Å². The van der Waals surface area contributed by atoms with Crippen LogP contribution >= 0.6 is 0 Å². The van der Waals surface area contributed by atoms with Gasteiger partial charge in [0.05, 0.1) is 29.7 Å². The van der Waals surface area contributed by atoms with Crippen LogP contribution in [0.4, 0.5) is 17.1 Å². The lowest BCUT2D eigenvalue weighted by atomic mass is 10.1. The third kappa shape index (κ3) is 1.68. The Morgan fingerprint density at radius 3 is 2.39 bits per heavy atom. The van der Waals surface area contributed by atoms with Crippen LogP contribution in [0.1, 0.15) is 10.4 Å². The van der Waals surface area contributed by atoms with Gasteiger partial charge in [-0.25, -0.2) is 0 Å². The Kier molecular flexibility index (Phi) is 2.41. The standard InChI is InChI=1S/C14H12N2O2/c1-18-9-6-7-10-13(8-9)15-11-4-2-3-5-12(11)16-14(10)17/h2-8,15H,1H3,(H,16,17). The molecule has 0 atom stereocenters. The average molecular weight is 240 g/mol. The van der Waals surface area contributed by atoms with E-state index in [2.05, 4.69) is 10.6 Å². The molecule has 4 heteroatoms. The molecule has 1 amide bonds. The molecule has 4 nitrogen and oxygen atoms in total. The van der Waals surface area contributed by atoms with Crippen molar-refractivity contribution in [2.45, 2.75) is 0 Å². The van der Waals surface area contributed by atoms with Gasteiger partial charge in [-0.3, -0.25) is 4.79 Å². The fourth-order valence-electron chi connectivity index (χ4n) is 1.99. The minimum atomic E-state index is -0.120. The molecule has 0 aliphatic carbocycles. The van der Waals surface area contributed by atoms with Crippen LogP contribution in [0.5, 0.6) is 5.75 Å². The summed E-state index contributed by atoms with van der Waals surface area (Å²) in [4.78, 5) is 12.1. The van der Waals surface area contributed by atoms with E-state index < -0.39 is 0 Å². The van der Waals surface area contributed by atoms with E-state index in [1.807, 2.05) is 30.3 Å². The van der Waals surface area contributed by atoms with Gasteiger partial charge >= 0.3 is 0 Å². The normalized spacial score (nSPS) is 12.6. The third-order valence-electron chi connectivity index (χ3n) is 2.92. The number of fused-ring (bicyclic) bond motifs is 2. The molecule has 1 aliphatic rings. The lowest BCUT2D eigenvalue weighted by molar-refractivity contribution is 0.102. The first kappa shape index (κ1) is 10.7. The molecule has 0 saturated heterocycles. The summed E-state index contributed by atoms with van der Waals surface area (Å²) >= 11 is 0. The maximum Gasteiger partial charge on any atom is 0.257 e. The molecule has 90 valence electrons. The molecule has 18 heavy (non-hydrogen) atoms. The van der Waals surface area contributed by atoms with E-state index in [0.717, 1.165) is 17.1 Å². The number of hydrogen-bond acceptors (Lipinski definition) is 3. The van der Waals surface area contributed by atoms with Crippen LogP contribution in [0.3, 0.4) is 0 Å². The van der Waals surface area contributed by atoms with E-state index in [4.69, 9.17) is 4.74 Å². The Labute approximate surface area is 105 Å². The second-order valence-corrected chi connectivity index (χ2v) is 4.04. The number of anilines is 3. The number of benzene rings is 2. The fourth-order valence-corrected chi connectivity index (χ4v) is 1.99. The van der Waals surface area contributed by atoms with Gasteiger partial charge in [0.1, 0.15) is 5.75 Å². The Balaban J connectivity index is 2.14. The van der Waals surface area contributed by atoms with Crippen LogP contribution < -0.4 is 15.4 Å². The molecule has 1 aliphatic heterocycles. The summed E-state index contributed by atoms with van der Waals surface area (Å²) in [7, 11) is 1.60. The van der Waals surface area contributed by atoms with Gasteiger partial charge in [0.2, 0.25) is 0 Å². The van der Waals surface area contributed by atoms with Crippen molar-refractivity contribution in [2.75, 3.05) is 17.7 Å². The molecule has 0 saturated carbocycles. The third-order valence-corrected chi connectivity index (χ3v) is 2.92. The summed E-state index contributed by atoms with van der Waals surface area (Å²) < 4.78 is 5.17. The number of carbonyl (C=O) groups is 1. The number of carbonyl (C=O) groups excluding carboxylic acids is 1. The van der Waals surface area contributed by atoms with Gasteiger partial charge in [-0.15, -0.1) is 0 Å². The molecule has 0 spiro atoms. The molecule has 0 fully saturated rings. The first-order valence-corrected chi connectivity index (χ1v) is 5.63. The van der Waals surface area contributed by atoms with Crippen LogP contribution in [0.25, 0.3) is 0 Å². The van der Waals surface area contributed by atoms with Crippen LogP contribution in [0.15, 0.2) is 42.5 Å². The highest BCUT2D eigenvalue weighted by Gasteiger charge is 2.18. The number of rotatable bonds is 1. The van der Waals surface area contributed by atoms with Crippen LogP contribution in [0.2, 0.25) is 0 Å². The van der Waals surface area contributed by atoms with Crippen molar-refractivity contribution in [2.24, 2.45) is 0 Å².